The van der Waals surface area contributed by atoms with E-state index in [1.165, 1.54) is 6.08 Å². The summed E-state index contributed by atoms with van der Waals surface area (Å²) < 4.78 is 6.22. The Labute approximate surface area is 127 Å². The lowest BCUT2D eigenvalue weighted by Crippen LogP contribution is -2.56. The number of hydrogen-bond acceptors (Lipinski definition) is 2. The van der Waals surface area contributed by atoms with E-state index in [1.54, 1.807) is 0 Å². The van der Waals surface area contributed by atoms with Crippen molar-refractivity contribution in [2.24, 2.45) is 0 Å². The lowest BCUT2D eigenvalue weighted by atomic mass is 10.2. The zero-order valence-corrected chi connectivity index (χ0v) is 15.6. The van der Waals surface area contributed by atoms with Gasteiger partial charge in [-0.1, -0.05) is 80.7 Å². The quantitative estimate of drug-likeness (QED) is 0.415. The Morgan fingerprint density at radius 1 is 1.05 bits per heavy atom. The molecule has 0 aliphatic heterocycles. The third-order valence-corrected chi connectivity index (χ3v) is 11.7. The molecule has 0 aromatic rings. The van der Waals surface area contributed by atoms with Crippen molar-refractivity contribution in [1.29, 1.82) is 0 Å². The zero-order valence-electron chi connectivity index (χ0n) is 14.6. The summed E-state index contributed by atoms with van der Waals surface area (Å²) in [5, 5.41) is 0.0407. The summed E-state index contributed by atoms with van der Waals surface area (Å²) in [6.07, 6.45) is 5.67. The third-order valence-electron chi connectivity index (χ3n) is 4.79. The number of carbonyl (C=O) groups is 1. The van der Waals surface area contributed by atoms with E-state index < -0.39 is 8.32 Å². The minimum atomic E-state index is -2.26. The first-order chi connectivity index (χ1) is 9.24. The van der Waals surface area contributed by atoms with E-state index in [0.717, 1.165) is 25.7 Å². The SMILES string of the molecule is C=CC(=O)O[Si](C(CC)CC)(C(CC)CC)C(C)(C)C. The molecule has 0 N–H and O–H groups in total. The number of carbonyl (C=O) groups excluding carboxylic acids is 1. The highest BCUT2D eigenvalue weighted by Crippen LogP contribution is 2.55. The highest BCUT2D eigenvalue weighted by atomic mass is 28.4. The molecule has 3 heteroatoms. The van der Waals surface area contributed by atoms with Crippen LogP contribution in [0.2, 0.25) is 16.1 Å². The summed E-state index contributed by atoms with van der Waals surface area (Å²) in [6, 6.07) is 0. The van der Waals surface area contributed by atoms with E-state index in [-0.39, 0.29) is 11.0 Å². The van der Waals surface area contributed by atoms with Gasteiger partial charge in [-0.15, -0.1) is 0 Å². The van der Waals surface area contributed by atoms with Crippen molar-refractivity contribution in [3.8, 4) is 0 Å². The molecule has 0 aliphatic rings. The van der Waals surface area contributed by atoms with E-state index in [9.17, 15) is 4.79 Å². The van der Waals surface area contributed by atoms with E-state index >= 15 is 0 Å². The van der Waals surface area contributed by atoms with Crippen LogP contribution in [0.3, 0.4) is 0 Å². The minimum absolute atomic E-state index is 0.0407. The maximum Gasteiger partial charge on any atom is 0.316 e. The smallest absolute Gasteiger partial charge is 0.316 e. The van der Waals surface area contributed by atoms with Gasteiger partial charge in [-0.3, -0.25) is 0 Å². The molecule has 2 nitrogen and oxygen atoms in total. The molecule has 0 amide bonds. The normalized spacial score (nSPS) is 12.8. The molecule has 0 radical (unpaired) electrons. The molecule has 0 atom stereocenters. The van der Waals surface area contributed by atoms with Crippen LogP contribution < -0.4 is 0 Å². The topological polar surface area (TPSA) is 26.3 Å². The molecule has 0 saturated heterocycles. The molecule has 0 spiro atoms. The van der Waals surface area contributed by atoms with Gasteiger partial charge in [-0.2, -0.15) is 0 Å². The highest BCUT2D eigenvalue weighted by molar-refractivity contribution is 6.80. The first kappa shape index (κ1) is 19.4. The van der Waals surface area contributed by atoms with Crippen molar-refractivity contribution in [2.45, 2.75) is 90.3 Å². The van der Waals surface area contributed by atoms with Gasteiger partial charge in [0.25, 0.3) is 8.32 Å². The summed E-state index contributed by atoms with van der Waals surface area (Å²) in [4.78, 5) is 12.0. The third kappa shape index (κ3) is 3.75. The predicted octanol–water partition coefficient (Wildman–Crippen LogP) is 5.84. The fourth-order valence-electron chi connectivity index (χ4n) is 3.88. The second-order valence-electron chi connectivity index (χ2n) is 6.70. The van der Waals surface area contributed by atoms with Crippen LogP contribution in [0.5, 0.6) is 0 Å². The average molecular weight is 299 g/mol. The first-order valence-corrected chi connectivity index (χ1v) is 10.2. The molecular weight excluding hydrogens is 264 g/mol. The molecule has 0 aromatic carbocycles. The van der Waals surface area contributed by atoms with Crippen LogP contribution in [0.15, 0.2) is 12.7 Å². The predicted molar refractivity (Wildman–Crippen MR) is 90.4 cm³/mol. The molecule has 20 heavy (non-hydrogen) atoms. The highest BCUT2D eigenvalue weighted by Gasteiger charge is 2.57. The van der Waals surface area contributed by atoms with Gasteiger partial charge >= 0.3 is 5.97 Å². The van der Waals surface area contributed by atoms with Crippen molar-refractivity contribution in [3.63, 3.8) is 0 Å². The Hall–Kier alpha value is -0.573. The maximum absolute atomic E-state index is 12.0. The van der Waals surface area contributed by atoms with Gasteiger partial charge in [-0.25, -0.2) is 4.79 Å². The van der Waals surface area contributed by atoms with Crippen LogP contribution in [-0.2, 0) is 9.22 Å². The van der Waals surface area contributed by atoms with Crippen LogP contribution in [0.4, 0.5) is 0 Å². The van der Waals surface area contributed by atoms with Crippen LogP contribution in [0, 0.1) is 0 Å². The Kier molecular flexibility index (Phi) is 7.78. The molecule has 0 heterocycles. The number of rotatable bonds is 8. The first-order valence-electron chi connectivity index (χ1n) is 8.10. The molecule has 0 unspecified atom stereocenters. The van der Waals surface area contributed by atoms with Crippen LogP contribution >= 0.6 is 0 Å². The van der Waals surface area contributed by atoms with Gasteiger partial charge in [0, 0.05) is 6.08 Å². The van der Waals surface area contributed by atoms with Gasteiger partial charge in [-0.05, 0) is 16.1 Å². The lowest BCUT2D eigenvalue weighted by Gasteiger charge is -2.50. The van der Waals surface area contributed by atoms with Crippen molar-refractivity contribution >= 4 is 14.3 Å². The van der Waals surface area contributed by atoms with E-state index in [2.05, 4.69) is 55.0 Å². The summed E-state index contributed by atoms with van der Waals surface area (Å²) >= 11 is 0. The summed E-state index contributed by atoms with van der Waals surface area (Å²) in [5.41, 5.74) is 1.02. The molecule has 0 aliphatic carbocycles. The van der Waals surface area contributed by atoms with Crippen molar-refractivity contribution in [3.05, 3.63) is 12.7 Å². The van der Waals surface area contributed by atoms with Crippen molar-refractivity contribution < 1.29 is 9.22 Å². The monoisotopic (exact) mass is 298 g/mol. The molecule has 0 saturated carbocycles. The molecular formula is C17H34O2Si. The van der Waals surface area contributed by atoms with Crippen LogP contribution in [0.25, 0.3) is 0 Å². The number of hydrogen-bond donors (Lipinski definition) is 0. The standard InChI is InChI=1S/C17H34O2Si/c1-9-14(10-2)20(17(6,7)8,15(11-3)12-4)19-16(18)13-5/h13-15H,5,9-12H2,1-4,6-8H3. The van der Waals surface area contributed by atoms with Gasteiger partial charge < -0.3 is 4.43 Å². The molecule has 0 bridgehead atoms. The lowest BCUT2D eigenvalue weighted by molar-refractivity contribution is -0.130. The van der Waals surface area contributed by atoms with E-state index in [4.69, 9.17) is 4.43 Å². The van der Waals surface area contributed by atoms with Crippen molar-refractivity contribution in [1.82, 2.24) is 0 Å². The Morgan fingerprint density at radius 3 is 1.60 bits per heavy atom. The largest absolute Gasteiger partial charge is 0.515 e. The average Bonchev–Trinajstić information content (AvgIpc) is 2.39. The van der Waals surface area contributed by atoms with Gasteiger partial charge in [0.2, 0.25) is 0 Å². The zero-order chi connectivity index (χ0) is 16.0. The van der Waals surface area contributed by atoms with E-state index in [1.807, 2.05) is 0 Å². The Morgan fingerprint density at radius 2 is 1.40 bits per heavy atom. The van der Waals surface area contributed by atoms with Crippen LogP contribution in [0.1, 0.15) is 74.1 Å². The molecule has 0 rings (SSSR count). The molecule has 0 fully saturated rings. The van der Waals surface area contributed by atoms with Crippen LogP contribution in [-0.4, -0.2) is 14.3 Å². The summed E-state index contributed by atoms with van der Waals surface area (Å²) in [7, 11) is -2.26. The molecule has 118 valence electrons. The second kappa shape index (κ2) is 8.01. The van der Waals surface area contributed by atoms with Crippen molar-refractivity contribution in [2.75, 3.05) is 0 Å². The Balaban J connectivity index is 6.01. The Bertz CT molecular complexity index is 297. The van der Waals surface area contributed by atoms with Gasteiger partial charge in [0.05, 0.1) is 0 Å². The summed E-state index contributed by atoms with van der Waals surface area (Å²) in [6.45, 7) is 19.3. The second-order valence-corrected chi connectivity index (χ2v) is 11.6. The fraction of sp³-hybridized carbons (Fsp3) is 0.824. The van der Waals surface area contributed by atoms with E-state index in [0.29, 0.717) is 11.1 Å². The van der Waals surface area contributed by atoms with Gasteiger partial charge in [0.15, 0.2) is 0 Å². The fourth-order valence-corrected chi connectivity index (χ4v) is 10.5. The molecule has 0 aromatic heterocycles. The maximum atomic E-state index is 12.0. The van der Waals surface area contributed by atoms with Gasteiger partial charge in [0.1, 0.15) is 0 Å². The minimum Gasteiger partial charge on any atom is -0.515 e. The summed E-state index contributed by atoms with van der Waals surface area (Å²) in [5.74, 6) is -0.231.